The summed E-state index contributed by atoms with van der Waals surface area (Å²) in [5.74, 6) is 0.721. The standard InChI is InChI=1S/C44H29N3/c1-2-10-30(11-3-1)31-18-22-34(23-19-31)43-39-14-4-7-15-40(39)45-44(46-43)35-24-20-32(21-25-35)33-26-28-36(29-27-33)47-41-16-8-5-12-37(41)38-13-6-9-17-42(38)47/h1-29H. The third-order valence-corrected chi connectivity index (χ3v) is 9.05. The summed E-state index contributed by atoms with van der Waals surface area (Å²) < 4.78 is 2.35. The van der Waals surface area contributed by atoms with Crippen molar-refractivity contribution in [3.63, 3.8) is 0 Å². The first-order valence-corrected chi connectivity index (χ1v) is 15.9. The van der Waals surface area contributed by atoms with Gasteiger partial charge in [0.15, 0.2) is 5.82 Å². The van der Waals surface area contributed by atoms with Gasteiger partial charge in [0.25, 0.3) is 0 Å². The number of benzene rings is 7. The molecule has 9 aromatic rings. The van der Waals surface area contributed by atoms with E-state index in [1.54, 1.807) is 0 Å². The minimum atomic E-state index is 0.721. The maximum atomic E-state index is 5.12. The summed E-state index contributed by atoms with van der Waals surface area (Å²) in [6, 6.07) is 62.0. The monoisotopic (exact) mass is 599 g/mol. The Morgan fingerprint density at radius 1 is 0.319 bits per heavy atom. The molecule has 7 aromatic carbocycles. The zero-order valence-corrected chi connectivity index (χ0v) is 25.6. The Hall–Kier alpha value is -6.32. The molecule has 47 heavy (non-hydrogen) atoms. The fourth-order valence-electron chi connectivity index (χ4n) is 6.69. The molecule has 0 atom stereocenters. The zero-order valence-electron chi connectivity index (χ0n) is 25.6. The van der Waals surface area contributed by atoms with Crippen molar-refractivity contribution in [3.8, 4) is 50.6 Å². The summed E-state index contributed by atoms with van der Waals surface area (Å²) in [7, 11) is 0. The molecule has 0 saturated carbocycles. The van der Waals surface area contributed by atoms with Crippen LogP contribution >= 0.6 is 0 Å². The molecule has 0 radical (unpaired) electrons. The van der Waals surface area contributed by atoms with Crippen molar-refractivity contribution in [2.24, 2.45) is 0 Å². The molecular weight excluding hydrogens is 571 g/mol. The maximum absolute atomic E-state index is 5.12. The molecule has 0 amide bonds. The van der Waals surface area contributed by atoms with E-state index in [9.17, 15) is 0 Å². The van der Waals surface area contributed by atoms with Gasteiger partial charge >= 0.3 is 0 Å². The van der Waals surface area contributed by atoms with Crippen LogP contribution in [0.15, 0.2) is 176 Å². The van der Waals surface area contributed by atoms with E-state index in [1.807, 2.05) is 12.1 Å². The van der Waals surface area contributed by atoms with E-state index in [0.717, 1.165) is 44.8 Å². The van der Waals surface area contributed by atoms with Crippen molar-refractivity contribution in [1.29, 1.82) is 0 Å². The van der Waals surface area contributed by atoms with Gasteiger partial charge in [-0.15, -0.1) is 0 Å². The molecule has 9 rings (SSSR count). The Balaban J connectivity index is 1.05. The van der Waals surface area contributed by atoms with Gasteiger partial charge in [-0.25, -0.2) is 9.97 Å². The minimum absolute atomic E-state index is 0.721. The molecule has 0 unspecified atom stereocenters. The van der Waals surface area contributed by atoms with Gasteiger partial charge in [0.05, 0.1) is 22.2 Å². The Kier molecular flexibility index (Phi) is 6.46. The molecule has 0 spiro atoms. The molecule has 2 heterocycles. The van der Waals surface area contributed by atoms with Crippen molar-refractivity contribution < 1.29 is 0 Å². The summed E-state index contributed by atoms with van der Waals surface area (Å²) in [5.41, 5.74) is 12.2. The number of nitrogens with zero attached hydrogens (tertiary/aromatic N) is 3. The molecule has 0 aliphatic rings. The molecule has 0 aliphatic heterocycles. The highest BCUT2D eigenvalue weighted by Crippen LogP contribution is 2.34. The smallest absolute Gasteiger partial charge is 0.160 e. The van der Waals surface area contributed by atoms with Crippen molar-refractivity contribution >= 4 is 32.7 Å². The number of rotatable bonds is 5. The fourth-order valence-corrected chi connectivity index (χ4v) is 6.69. The molecule has 2 aromatic heterocycles. The summed E-state index contributed by atoms with van der Waals surface area (Å²) in [6.07, 6.45) is 0. The molecule has 0 aliphatic carbocycles. The van der Waals surface area contributed by atoms with Gasteiger partial charge in [-0.2, -0.15) is 0 Å². The lowest BCUT2D eigenvalue weighted by Gasteiger charge is -2.11. The van der Waals surface area contributed by atoms with E-state index in [1.165, 1.54) is 38.5 Å². The number of aromatic nitrogens is 3. The van der Waals surface area contributed by atoms with E-state index < -0.39 is 0 Å². The zero-order chi connectivity index (χ0) is 31.2. The van der Waals surface area contributed by atoms with Crippen LogP contribution < -0.4 is 0 Å². The molecule has 0 N–H and O–H groups in total. The van der Waals surface area contributed by atoms with Gasteiger partial charge in [0.1, 0.15) is 0 Å². The topological polar surface area (TPSA) is 30.7 Å². The quantitative estimate of drug-likeness (QED) is 0.197. The largest absolute Gasteiger partial charge is 0.309 e. The number of hydrogen-bond donors (Lipinski definition) is 0. The summed E-state index contributed by atoms with van der Waals surface area (Å²) >= 11 is 0. The molecule has 3 nitrogen and oxygen atoms in total. The summed E-state index contributed by atoms with van der Waals surface area (Å²) in [5, 5.41) is 3.58. The SMILES string of the molecule is c1ccc(-c2ccc(-c3nc(-c4ccc(-c5ccc(-n6c7ccccc7c7ccccc76)cc5)cc4)nc4ccccc34)cc2)cc1. The predicted octanol–water partition coefficient (Wildman–Crippen LogP) is 11.4. The van der Waals surface area contributed by atoms with E-state index in [0.29, 0.717) is 0 Å². The maximum Gasteiger partial charge on any atom is 0.160 e. The predicted molar refractivity (Wildman–Crippen MR) is 196 cm³/mol. The van der Waals surface area contributed by atoms with E-state index in [2.05, 4.69) is 168 Å². The van der Waals surface area contributed by atoms with Crippen molar-refractivity contribution in [2.75, 3.05) is 0 Å². The Labute approximate surface area is 273 Å². The Morgan fingerprint density at radius 3 is 1.38 bits per heavy atom. The van der Waals surface area contributed by atoms with Crippen LogP contribution in [0.5, 0.6) is 0 Å². The lowest BCUT2D eigenvalue weighted by molar-refractivity contribution is 1.18. The second-order valence-corrected chi connectivity index (χ2v) is 11.9. The van der Waals surface area contributed by atoms with Gasteiger partial charge in [0, 0.05) is 33.0 Å². The summed E-state index contributed by atoms with van der Waals surface area (Å²) in [6.45, 7) is 0. The number of hydrogen-bond acceptors (Lipinski definition) is 2. The second kappa shape index (κ2) is 11.2. The van der Waals surface area contributed by atoms with E-state index in [4.69, 9.17) is 9.97 Å². The Bertz CT molecular complexity index is 2470. The lowest BCUT2D eigenvalue weighted by atomic mass is 10.0. The van der Waals surface area contributed by atoms with Crippen LogP contribution in [-0.4, -0.2) is 14.5 Å². The van der Waals surface area contributed by atoms with Crippen LogP contribution in [0.1, 0.15) is 0 Å². The van der Waals surface area contributed by atoms with E-state index in [-0.39, 0.29) is 0 Å². The van der Waals surface area contributed by atoms with Crippen LogP contribution in [-0.2, 0) is 0 Å². The second-order valence-electron chi connectivity index (χ2n) is 11.9. The van der Waals surface area contributed by atoms with Crippen LogP contribution in [0.2, 0.25) is 0 Å². The number of para-hydroxylation sites is 3. The van der Waals surface area contributed by atoms with Gasteiger partial charge in [-0.3, -0.25) is 0 Å². The molecule has 0 fully saturated rings. The highest BCUT2D eigenvalue weighted by atomic mass is 15.0. The third kappa shape index (κ3) is 4.77. The summed E-state index contributed by atoms with van der Waals surface area (Å²) in [4.78, 5) is 10.1. The third-order valence-electron chi connectivity index (χ3n) is 9.05. The molecule has 0 saturated heterocycles. The molecule has 220 valence electrons. The Morgan fingerprint density at radius 2 is 0.766 bits per heavy atom. The first-order chi connectivity index (χ1) is 23.3. The first kappa shape index (κ1) is 27.0. The highest BCUT2D eigenvalue weighted by Gasteiger charge is 2.14. The van der Waals surface area contributed by atoms with Gasteiger partial charge in [0.2, 0.25) is 0 Å². The van der Waals surface area contributed by atoms with Gasteiger partial charge in [-0.05, 0) is 52.6 Å². The normalized spacial score (nSPS) is 11.4. The fraction of sp³-hybridized carbons (Fsp3) is 0. The molecule has 0 bridgehead atoms. The van der Waals surface area contributed by atoms with Gasteiger partial charge in [-0.1, -0.05) is 146 Å². The molecular formula is C44H29N3. The van der Waals surface area contributed by atoms with E-state index >= 15 is 0 Å². The lowest BCUT2D eigenvalue weighted by Crippen LogP contribution is -1.95. The first-order valence-electron chi connectivity index (χ1n) is 15.9. The van der Waals surface area contributed by atoms with Gasteiger partial charge < -0.3 is 4.57 Å². The average Bonchev–Trinajstić information content (AvgIpc) is 3.49. The highest BCUT2D eigenvalue weighted by molar-refractivity contribution is 6.09. The van der Waals surface area contributed by atoms with Crippen LogP contribution in [0.25, 0.3) is 83.3 Å². The minimum Gasteiger partial charge on any atom is -0.309 e. The van der Waals surface area contributed by atoms with Crippen LogP contribution in [0.3, 0.4) is 0 Å². The molecule has 3 heteroatoms. The van der Waals surface area contributed by atoms with Crippen LogP contribution in [0.4, 0.5) is 0 Å². The van der Waals surface area contributed by atoms with Crippen LogP contribution in [0, 0.1) is 0 Å². The number of fused-ring (bicyclic) bond motifs is 4. The van der Waals surface area contributed by atoms with Crippen molar-refractivity contribution in [2.45, 2.75) is 0 Å². The van der Waals surface area contributed by atoms with Crippen molar-refractivity contribution in [3.05, 3.63) is 176 Å². The average molecular weight is 600 g/mol. The van der Waals surface area contributed by atoms with Crippen molar-refractivity contribution in [1.82, 2.24) is 14.5 Å².